The number of pyridine rings is 1. The molecule has 2 amide bonds. The second-order valence-corrected chi connectivity index (χ2v) is 9.16. The molecule has 0 atom stereocenters. The maximum absolute atomic E-state index is 13.3. The van der Waals surface area contributed by atoms with E-state index >= 15 is 0 Å². The van der Waals surface area contributed by atoms with E-state index in [4.69, 9.17) is 0 Å². The smallest absolute Gasteiger partial charge is 0.322 e. The quantitative estimate of drug-likeness (QED) is 0.332. The monoisotopic (exact) mass is 515 g/mol. The van der Waals surface area contributed by atoms with Crippen molar-refractivity contribution in [2.24, 2.45) is 0 Å². The third-order valence-corrected chi connectivity index (χ3v) is 6.61. The number of rotatable bonds is 5. The van der Waals surface area contributed by atoms with Gasteiger partial charge < -0.3 is 10.2 Å². The van der Waals surface area contributed by atoms with Crippen molar-refractivity contribution in [3.63, 3.8) is 0 Å². The van der Waals surface area contributed by atoms with Crippen LogP contribution in [0.15, 0.2) is 85.1 Å². The van der Waals surface area contributed by atoms with E-state index < -0.39 is 11.7 Å². The Balaban J connectivity index is 1.35. The highest BCUT2D eigenvalue weighted by molar-refractivity contribution is 6.09. The lowest BCUT2D eigenvalue weighted by molar-refractivity contribution is -0.137. The van der Waals surface area contributed by atoms with Crippen LogP contribution in [0.1, 0.15) is 32.7 Å². The molecule has 2 heterocycles. The van der Waals surface area contributed by atoms with Gasteiger partial charge in [-0.2, -0.15) is 13.2 Å². The summed E-state index contributed by atoms with van der Waals surface area (Å²) in [6.07, 6.45) is -1.91. The van der Waals surface area contributed by atoms with Crippen LogP contribution in [-0.4, -0.2) is 23.3 Å². The van der Waals surface area contributed by atoms with E-state index in [0.29, 0.717) is 41.0 Å². The molecular weight excluding hydrogens is 491 g/mol. The largest absolute Gasteiger partial charge is 0.416 e. The molecule has 1 aromatic heterocycles. The van der Waals surface area contributed by atoms with E-state index in [-0.39, 0.29) is 18.2 Å². The van der Waals surface area contributed by atoms with Gasteiger partial charge >= 0.3 is 6.18 Å². The van der Waals surface area contributed by atoms with Gasteiger partial charge in [0.15, 0.2) is 0 Å². The number of carbonyl (C=O) groups excluding carboxylic acids is 2. The van der Waals surface area contributed by atoms with Crippen LogP contribution in [0.25, 0.3) is 11.1 Å². The first kappa shape index (κ1) is 25.2. The molecule has 8 heteroatoms. The maximum atomic E-state index is 13.3. The molecule has 3 aromatic carbocycles. The molecule has 1 aliphatic heterocycles. The van der Waals surface area contributed by atoms with Gasteiger partial charge in [-0.3, -0.25) is 14.6 Å². The molecule has 0 unspecified atom stereocenters. The highest BCUT2D eigenvalue weighted by Crippen LogP contribution is 2.34. The molecule has 4 aromatic rings. The summed E-state index contributed by atoms with van der Waals surface area (Å²) in [6.45, 7) is 2.37. The van der Waals surface area contributed by atoms with Crippen molar-refractivity contribution in [3.8, 4) is 11.1 Å². The fourth-order valence-corrected chi connectivity index (χ4v) is 4.76. The SMILES string of the molecule is Cc1cccc(C(=O)Nc2ccc3c(c2)CCN3C(=O)Cc2ccccn2)c1-c1ccc(C(F)(F)F)cc1. The van der Waals surface area contributed by atoms with Gasteiger partial charge in [0.2, 0.25) is 5.91 Å². The number of nitrogens with one attached hydrogen (secondary N) is 1. The molecule has 192 valence electrons. The zero-order chi connectivity index (χ0) is 26.9. The zero-order valence-electron chi connectivity index (χ0n) is 20.5. The number of benzene rings is 3. The molecule has 0 aliphatic carbocycles. The summed E-state index contributed by atoms with van der Waals surface area (Å²) >= 11 is 0. The van der Waals surface area contributed by atoms with E-state index in [1.807, 2.05) is 37.3 Å². The molecule has 5 rings (SSSR count). The average Bonchev–Trinajstić information content (AvgIpc) is 3.32. The Kier molecular flexibility index (Phi) is 6.72. The molecule has 0 spiro atoms. The number of amides is 2. The number of halogens is 3. The van der Waals surface area contributed by atoms with Gasteiger partial charge in [-0.15, -0.1) is 0 Å². The highest BCUT2D eigenvalue weighted by Gasteiger charge is 2.30. The van der Waals surface area contributed by atoms with Crippen molar-refractivity contribution in [3.05, 3.63) is 113 Å². The first-order chi connectivity index (χ1) is 18.2. The Morgan fingerprint density at radius 3 is 2.47 bits per heavy atom. The van der Waals surface area contributed by atoms with Gasteiger partial charge in [-0.25, -0.2) is 0 Å². The zero-order valence-corrected chi connectivity index (χ0v) is 20.5. The molecule has 38 heavy (non-hydrogen) atoms. The number of carbonyl (C=O) groups is 2. The Bertz CT molecular complexity index is 1500. The Morgan fingerprint density at radius 1 is 0.974 bits per heavy atom. The minimum Gasteiger partial charge on any atom is -0.322 e. The summed E-state index contributed by atoms with van der Waals surface area (Å²) in [4.78, 5) is 32.1. The van der Waals surface area contributed by atoms with Crippen LogP contribution in [0, 0.1) is 6.92 Å². The predicted octanol–water partition coefficient (Wildman–Crippen LogP) is 6.46. The normalized spacial score (nSPS) is 12.8. The van der Waals surface area contributed by atoms with Crippen molar-refractivity contribution in [1.29, 1.82) is 0 Å². The predicted molar refractivity (Wildman–Crippen MR) is 140 cm³/mol. The van der Waals surface area contributed by atoms with Crippen LogP contribution in [0.3, 0.4) is 0 Å². The lowest BCUT2D eigenvalue weighted by atomic mass is 9.94. The first-order valence-corrected chi connectivity index (χ1v) is 12.1. The molecule has 1 N–H and O–H groups in total. The lowest BCUT2D eigenvalue weighted by Gasteiger charge is -2.18. The summed E-state index contributed by atoms with van der Waals surface area (Å²) in [5, 5.41) is 2.91. The molecule has 0 fully saturated rings. The first-order valence-electron chi connectivity index (χ1n) is 12.1. The average molecular weight is 516 g/mol. The number of nitrogens with zero attached hydrogens (tertiary/aromatic N) is 2. The van der Waals surface area contributed by atoms with Gasteiger partial charge in [-0.05, 0) is 84.1 Å². The number of alkyl halides is 3. The van der Waals surface area contributed by atoms with Crippen LogP contribution in [-0.2, 0) is 23.8 Å². The number of hydrogen-bond acceptors (Lipinski definition) is 3. The molecule has 1 aliphatic rings. The topological polar surface area (TPSA) is 62.3 Å². The minimum atomic E-state index is -4.43. The van der Waals surface area contributed by atoms with Crippen molar-refractivity contribution in [2.75, 3.05) is 16.8 Å². The van der Waals surface area contributed by atoms with Gasteiger partial charge in [0.1, 0.15) is 0 Å². The minimum absolute atomic E-state index is 0.0415. The number of fused-ring (bicyclic) bond motifs is 1. The van der Waals surface area contributed by atoms with Gasteiger partial charge in [0, 0.05) is 35.4 Å². The van der Waals surface area contributed by atoms with Crippen LogP contribution < -0.4 is 10.2 Å². The van der Waals surface area contributed by atoms with Crippen LogP contribution in [0.2, 0.25) is 0 Å². The third-order valence-electron chi connectivity index (χ3n) is 6.61. The number of hydrogen-bond donors (Lipinski definition) is 1. The second kappa shape index (κ2) is 10.1. The van der Waals surface area contributed by atoms with E-state index in [1.165, 1.54) is 12.1 Å². The molecule has 5 nitrogen and oxygen atoms in total. The second-order valence-electron chi connectivity index (χ2n) is 9.16. The van der Waals surface area contributed by atoms with E-state index in [2.05, 4.69) is 10.3 Å². The van der Waals surface area contributed by atoms with Crippen molar-refractivity contribution in [1.82, 2.24) is 4.98 Å². The van der Waals surface area contributed by atoms with Gasteiger partial charge in [-0.1, -0.05) is 30.3 Å². The van der Waals surface area contributed by atoms with Crippen LogP contribution in [0.4, 0.5) is 24.5 Å². The molecule has 0 saturated carbocycles. The number of aromatic nitrogens is 1. The number of anilines is 2. The van der Waals surface area contributed by atoms with Crippen LogP contribution >= 0.6 is 0 Å². The third kappa shape index (κ3) is 5.16. The standard InChI is InChI=1S/C30H24F3N3O2/c1-19-5-4-7-25(28(19)20-8-10-22(11-9-20)30(31,32)33)29(38)35-24-12-13-26-21(17-24)14-16-36(26)27(37)18-23-6-2-3-15-34-23/h2-13,15,17H,14,16,18H2,1H3,(H,35,38). The molecule has 0 saturated heterocycles. The lowest BCUT2D eigenvalue weighted by Crippen LogP contribution is -2.30. The Morgan fingerprint density at radius 2 is 1.76 bits per heavy atom. The van der Waals surface area contributed by atoms with Gasteiger partial charge in [0.25, 0.3) is 5.91 Å². The molecular formula is C30H24F3N3O2. The summed E-state index contributed by atoms with van der Waals surface area (Å²) in [5.74, 6) is -0.412. The van der Waals surface area contributed by atoms with Gasteiger partial charge in [0.05, 0.1) is 12.0 Å². The summed E-state index contributed by atoms with van der Waals surface area (Å²) in [6, 6.07) is 20.9. The summed E-state index contributed by atoms with van der Waals surface area (Å²) < 4.78 is 39.1. The fourth-order valence-electron chi connectivity index (χ4n) is 4.76. The van der Waals surface area contributed by atoms with E-state index in [0.717, 1.165) is 28.9 Å². The van der Waals surface area contributed by atoms with E-state index in [1.54, 1.807) is 35.4 Å². The maximum Gasteiger partial charge on any atom is 0.416 e. The van der Waals surface area contributed by atoms with Crippen LogP contribution in [0.5, 0.6) is 0 Å². The Hall–Kier alpha value is -4.46. The Labute approximate surface area is 218 Å². The summed E-state index contributed by atoms with van der Waals surface area (Å²) in [7, 11) is 0. The van der Waals surface area contributed by atoms with Crippen molar-refractivity contribution < 1.29 is 22.8 Å². The van der Waals surface area contributed by atoms with E-state index in [9.17, 15) is 22.8 Å². The summed E-state index contributed by atoms with van der Waals surface area (Å²) in [5.41, 5.74) is 4.53. The van der Waals surface area contributed by atoms with Crippen molar-refractivity contribution >= 4 is 23.2 Å². The number of aryl methyl sites for hydroxylation is 1. The molecule has 0 bridgehead atoms. The fraction of sp³-hybridized carbons (Fsp3) is 0.167. The highest BCUT2D eigenvalue weighted by atomic mass is 19.4. The molecule has 0 radical (unpaired) electrons. The van der Waals surface area contributed by atoms with Crippen molar-refractivity contribution in [2.45, 2.75) is 25.9 Å².